The number of ether oxygens (including phenoxy) is 3. The molecular weight excluding hydrogens is 538 g/mol. The van der Waals surface area contributed by atoms with Gasteiger partial charge in [0.05, 0.1) is 7.11 Å². The Bertz CT molecular complexity index is 1620. The molecule has 0 saturated carbocycles. The number of hydrogen-bond donors (Lipinski definition) is 1. The predicted molar refractivity (Wildman–Crippen MR) is 167 cm³/mol. The van der Waals surface area contributed by atoms with Gasteiger partial charge in [-0.2, -0.15) is 0 Å². The van der Waals surface area contributed by atoms with E-state index in [1.807, 2.05) is 91.0 Å². The van der Waals surface area contributed by atoms with Gasteiger partial charge in [0.25, 0.3) is 5.91 Å². The van der Waals surface area contributed by atoms with E-state index in [-0.39, 0.29) is 12.3 Å². The molecule has 5 aromatic rings. The summed E-state index contributed by atoms with van der Waals surface area (Å²) in [5, 5.41) is 2.81. The Hall–Kier alpha value is -5.36. The lowest BCUT2D eigenvalue weighted by atomic mass is 10.0. The Balaban J connectivity index is 1.17. The summed E-state index contributed by atoms with van der Waals surface area (Å²) >= 11 is 0. The molecule has 0 heterocycles. The Labute approximate surface area is 251 Å². The number of rotatable bonds is 12. The number of carbonyl (C=O) groups excluding carboxylic acids is 2. The summed E-state index contributed by atoms with van der Waals surface area (Å²) in [5.41, 5.74) is 5.65. The van der Waals surface area contributed by atoms with Crippen molar-refractivity contribution in [3.05, 3.63) is 156 Å². The molecule has 5 rings (SSSR count). The number of carbonyl (C=O) groups is 2. The normalized spacial score (nSPS) is 11.3. The standard InChI is InChI=1S/C37H33NO5/c1-41-37(40)35(24-27-16-20-32(21-17-27)42-25-28-10-4-2-5-11-28)38-36(39)30-18-22-33(23-19-30)43-26-31-14-8-9-15-34(31)29-12-6-3-7-13-29/h2-23,35H,24-26H2,1H3,(H,38,39). The molecule has 0 fully saturated rings. The largest absolute Gasteiger partial charge is 0.489 e. The van der Waals surface area contributed by atoms with E-state index in [1.165, 1.54) is 7.11 Å². The third-order valence-corrected chi connectivity index (χ3v) is 7.02. The topological polar surface area (TPSA) is 73.9 Å². The van der Waals surface area contributed by atoms with Crippen LogP contribution in [0, 0.1) is 0 Å². The first-order valence-electron chi connectivity index (χ1n) is 14.1. The summed E-state index contributed by atoms with van der Waals surface area (Å²) in [6.45, 7) is 0.850. The van der Waals surface area contributed by atoms with Gasteiger partial charge in [-0.05, 0) is 64.2 Å². The third kappa shape index (κ3) is 8.11. The van der Waals surface area contributed by atoms with Crippen molar-refractivity contribution >= 4 is 11.9 Å². The lowest BCUT2D eigenvalue weighted by Gasteiger charge is -2.17. The summed E-state index contributed by atoms with van der Waals surface area (Å²) < 4.78 is 16.9. The van der Waals surface area contributed by atoms with Crippen molar-refractivity contribution in [1.29, 1.82) is 0 Å². The zero-order valence-electron chi connectivity index (χ0n) is 23.9. The quantitative estimate of drug-likeness (QED) is 0.163. The van der Waals surface area contributed by atoms with Crippen molar-refractivity contribution in [1.82, 2.24) is 5.32 Å². The van der Waals surface area contributed by atoms with Gasteiger partial charge in [-0.1, -0.05) is 97.1 Å². The Morgan fingerprint density at radius 2 is 1.21 bits per heavy atom. The van der Waals surface area contributed by atoms with Gasteiger partial charge < -0.3 is 19.5 Å². The first-order valence-corrected chi connectivity index (χ1v) is 14.1. The van der Waals surface area contributed by atoms with Crippen LogP contribution in [0.3, 0.4) is 0 Å². The second-order valence-corrected chi connectivity index (χ2v) is 10.0. The van der Waals surface area contributed by atoms with Gasteiger partial charge >= 0.3 is 5.97 Å². The molecule has 0 aliphatic rings. The number of esters is 1. The monoisotopic (exact) mass is 571 g/mol. The first kappa shape index (κ1) is 29.1. The Kier molecular flexibility index (Phi) is 9.83. The average molecular weight is 572 g/mol. The van der Waals surface area contributed by atoms with Gasteiger partial charge in [0.1, 0.15) is 30.8 Å². The van der Waals surface area contributed by atoms with Crippen molar-refractivity contribution in [2.45, 2.75) is 25.7 Å². The van der Waals surface area contributed by atoms with Crippen LogP contribution in [0.25, 0.3) is 11.1 Å². The molecule has 216 valence electrons. The first-order chi connectivity index (χ1) is 21.1. The zero-order valence-corrected chi connectivity index (χ0v) is 23.9. The highest BCUT2D eigenvalue weighted by molar-refractivity contribution is 5.97. The fourth-order valence-electron chi connectivity index (χ4n) is 4.68. The Morgan fingerprint density at radius 3 is 1.88 bits per heavy atom. The van der Waals surface area contributed by atoms with Crippen LogP contribution in [0.2, 0.25) is 0 Å². The molecule has 1 amide bonds. The van der Waals surface area contributed by atoms with Crippen molar-refractivity contribution in [2.24, 2.45) is 0 Å². The van der Waals surface area contributed by atoms with E-state index in [0.29, 0.717) is 24.5 Å². The molecule has 5 aromatic carbocycles. The molecule has 0 aliphatic heterocycles. The van der Waals surface area contributed by atoms with Crippen LogP contribution in [0.4, 0.5) is 0 Å². The number of amides is 1. The van der Waals surface area contributed by atoms with Crippen LogP contribution in [-0.2, 0) is 29.2 Å². The number of benzene rings is 5. The van der Waals surface area contributed by atoms with E-state index >= 15 is 0 Å². The maximum absolute atomic E-state index is 13.1. The van der Waals surface area contributed by atoms with Gasteiger partial charge in [-0.15, -0.1) is 0 Å². The molecule has 6 heteroatoms. The van der Waals surface area contributed by atoms with E-state index in [4.69, 9.17) is 14.2 Å². The molecule has 0 aliphatic carbocycles. The number of hydrogen-bond acceptors (Lipinski definition) is 5. The molecule has 0 spiro atoms. The highest BCUT2D eigenvalue weighted by Gasteiger charge is 2.23. The van der Waals surface area contributed by atoms with Crippen LogP contribution in [0.5, 0.6) is 11.5 Å². The van der Waals surface area contributed by atoms with Crippen molar-refractivity contribution < 1.29 is 23.8 Å². The second-order valence-electron chi connectivity index (χ2n) is 10.0. The van der Waals surface area contributed by atoms with E-state index < -0.39 is 12.0 Å². The average Bonchev–Trinajstić information content (AvgIpc) is 3.07. The highest BCUT2D eigenvalue weighted by Crippen LogP contribution is 2.25. The lowest BCUT2D eigenvalue weighted by molar-refractivity contribution is -0.142. The van der Waals surface area contributed by atoms with Gasteiger partial charge in [0.2, 0.25) is 0 Å². The molecular formula is C37H33NO5. The van der Waals surface area contributed by atoms with E-state index in [1.54, 1.807) is 24.3 Å². The number of nitrogens with one attached hydrogen (secondary N) is 1. The van der Waals surface area contributed by atoms with E-state index in [2.05, 4.69) is 23.5 Å². The lowest BCUT2D eigenvalue weighted by Crippen LogP contribution is -2.43. The maximum atomic E-state index is 13.1. The summed E-state index contributed by atoms with van der Waals surface area (Å²) in [5.74, 6) is 0.463. The van der Waals surface area contributed by atoms with E-state index in [9.17, 15) is 9.59 Å². The fraction of sp³-hybridized carbons (Fsp3) is 0.135. The fourth-order valence-corrected chi connectivity index (χ4v) is 4.68. The number of methoxy groups -OCH3 is 1. The summed E-state index contributed by atoms with van der Waals surface area (Å²) in [4.78, 5) is 25.6. The SMILES string of the molecule is COC(=O)C(Cc1ccc(OCc2ccccc2)cc1)NC(=O)c1ccc(OCc2ccccc2-c2ccccc2)cc1. The maximum Gasteiger partial charge on any atom is 0.328 e. The van der Waals surface area contributed by atoms with Gasteiger partial charge in [-0.3, -0.25) is 4.79 Å². The van der Waals surface area contributed by atoms with Crippen LogP contribution in [0.1, 0.15) is 27.0 Å². The van der Waals surface area contributed by atoms with Gasteiger partial charge in [-0.25, -0.2) is 4.79 Å². The minimum atomic E-state index is -0.848. The van der Waals surface area contributed by atoms with Crippen molar-refractivity contribution in [2.75, 3.05) is 7.11 Å². The van der Waals surface area contributed by atoms with Crippen molar-refractivity contribution in [3.63, 3.8) is 0 Å². The third-order valence-electron chi connectivity index (χ3n) is 7.02. The van der Waals surface area contributed by atoms with Gasteiger partial charge in [0, 0.05) is 12.0 Å². The molecule has 1 N–H and O–H groups in total. The smallest absolute Gasteiger partial charge is 0.328 e. The summed E-state index contributed by atoms with van der Waals surface area (Å²) in [6.07, 6.45) is 0.277. The molecule has 43 heavy (non-hydrogen) atoms. The minimum Gasteiger partial charge on any atom is -0.489 e. The summed E-state index contributed by atoms with van der Waals surface area (Å²) in [6, 6.07) is 41.7. The molecule has 1 unspecified atom stereocenters. The van der Waals surface area contributed by atoms with Crippen LogP contribution >= 0.6 is 0 Å². The predicted octanol–water partition coefficient (Wildman–Crippen LogP) is 7.03. The summed E-state index contributed by atoms with van der Waals surface area (Å²) in [7, 11) is 1.31. The minimum absolute atomic E-state index is 0.277. The molecule has 1 atom stereocenters. The van der Waals surface area contributed by atoms with Crippen LogP contribution < -0.4 is 14.8 Å². The molecule has 0 bridgehead atoms. The molecule has 0 radical (unpaired) electrons. The molecule has 6 nitrogen and oxygen atoms in total. The Morgan fingerprint density at radius 1 is 0.628 bits per heavy atom. The molecule has 0 saturated heterocycles. The second kappa shape index (κ2) is 14.5. The van der Waals surface area contributed by atoms with Crippen LogP contribution in [-0.4, -0.2) is 25.0 Å². The highest BCUT2D eigenvalue weighted by atomic mass is 16.5. The zero-order chi connectivity index (χ0) is 29.9. The van der Waals surface area contributed by atoms with Crippen molar-refractivity contribution in [3.8, 4) is 22.6 Å². The van der Waals surface area contributed by atoms with Crippen LogP contribution in [0.15, 0.2) is 133 Å². The van der Waals surface area contributed by atoms with E-state index in [0.717, 1.165) is 33.6 Å². The van der Waals surface area contributed by atoms with Gasteiger partial charge in [0.15, 0.2) is 0 Å². The molecule has 0 aromatic heterocycles.